The molecule has 2 heterocycles. The molecule has 0 unspecified atom stereocenters. The van der Waals surface area contributed by atoms with E-state index in [-0.39, 0.29) is 0 Å². The van der Waals surface area contributed by atoms with E-state index in [0.29, 0.717) is 0 Å². The number of fused-ring (bicyclic) bond motifs is 6. The first-order chi connectivity index (χ1) is 21.8. The van der Waals surface area contributed by atoms with Crippen molar-refractivity contribution in [2.24, 2.45) is 0 Å². The third-order valence-electron chi connectivity index (χ3n) is 9.74. The molecule has 0 bridgehead atoms. The molecule has 7 aromatic rings. The van der Waals surface area contributed by atoms with E-state index in [1.807, 2.05) is 0 Å². The van der Waals surface area contributed by atoms with Crippen LogP contribution < -0.4 is 0 Å². The Labute approximate surface area is 257 Å². The van der Waals surface area contributed by atoms with Gasteiger partial charge in [0.25, 0.3) is 0 Å². The number of nitrogens with zero attached hydrogens (tertiary/aromatic N) is 2. The molecule has 0 amide bonds. The molecule has 0 saturated carbocycles. The van der Waals surface area contributed by atoms with Gasteiger partial charge in [0, 0.05) is 32.8 Å². The van der Waals surface area contributed by atoms with Crippen molar-refractivity contribution < 1.29 is 0 Å². The van der Waals surface area contributed by atoms with Crippen molar-refractivity contribution in [1.82, 2.24) is 9.13 Å². The largest absolute Gasteiger partial charge is 0.313 e. The first-order valence-corrected chi connectivity index (χ1v) is 16.1. The van der Waals surface area contributed by atoms with E-state index in [1.54, 1.807) is 0 Å². The van der Waals surface area contributed by atoms with Gasteiger partial charge in [-0.3, -0.25) is 0 Å². The molecule has 0 spiro atoms. The maximum atomic E-state index is 2.49. The van der Waals surface area contributed by atoms with Crippen molar-refractivity contribution in [1.29, 1.82) is 0 Å². The Hall–Kier alpha value is -5.08. The predicted octanol–water partition coefficient (Wildman–Crippen LogP) is 11.7. The van der Waals surface area contributed by atoms with Gasteiger partial charge >= 0.3 is 0 Å². The summed E-state index contributed by atoms with van der Waals surface area (Å²) in [5.74, 6) is 0. The van der Waals surface area contributed by atoms with E-state index in [4.69, 9.17) is 0 Å². The van der Waals surface area contributed by atoms with Crippen LogP contribution in [0.2, 0.25) is 0 Å². The summed E-state index contributed by atoms with van der Waals surface area (Å²) in [6, 6.07) is 40.8. The molecule has 2 aliphatic carbocycles. The highest BCUT2D eigenvalue weighted by Gasteiger charge is 2.19. The van der Waals surface area contributed by atoms with E-state index in [9.17, 15) is 0 Å². The molecule has 5 aromatic carbocycles. The molecule has 0 saturated heterocycles. The van der Waals surface area contributed by atoms with Gasteiger partial charge in [0.1, 0.15) is 0 Å². The molecule has 9 rings (SSSR count). The van der Waals surface area contributed by atoms with Crippen LogP contribution in [-0.2, 0) is 0 Å². The van der Waals surface area contributed by atoms with E-state index in [2.05, 4.69) is 143 Å². The molecule has 2 aliphatic rings. The lowest BCUT2D eigenvalue weighted by molar-refractivity contribution is 0.741. The van der Waals surface area contributed by atoms with E-state index in [1.165, 1.54) is 96.5 Å². The lowest BCUT2D eigenvalue weighted by Gasteiger charge is -2.18. The van der Waals surface area contributed by atoms with Gasteiger partial charge in [0.05, 0.1) is 27.8 Å². The van der Waals surface area contributed by atoms with Crippen LogP contribution in [0.4, 0.5) is 0 Å². The Balaban J connectivity index is 1.24. The average Bonchev–Trinajstić information content (AvgIpc) is 3.61. The zero-order valence-electron chi connectivity index (χ0n) is 24.8. The van der Waals surface area contributed by atoms with Crippen LogP contribution in [0, 0.1) is 0 Å². The van der Waals surface area contributed by atoms with Crippen molar-refractivity contribution >= 4 is 54.9 Å². The summed E-state index contributed by atoms with van der Waals surface area (Å²) in [4.78, 5) is 0. The van der Waals surface area contributed by atoms with Crippen molar-refractivity contribution in [3.63, 3.8) is 0 Å². The van der Waals surface area contributed by atoms with Gasteiger partial charge in [-0.15, -0.1) is 0 Å². The molecule has 0 N–H and O–H groups in total. The fourth-order valence-corrected chi connectivity index (χ4v) is 7.67. The average molecular weight is 567 g/mol. The van der Waals surface area contributed by atoms with Crippen LogP contribution in [0.15, 0.2) is 133 Å². The van der Waals surface area contributed by atoms with Crippen molar-refractivity contribution in [3.8, 4) is 16.8 Å². The quantitative estimate of drug-likeness (QED) is 0.200. The summed E-state index contributed by atoms with van der Waals surface area (Å²) < 4.78 is 4.95. The van der Waals surface area contributed by atoms with Gasteiger partial charge < -0.3 is 9.13 Å². The first kappa shape index (κ1) is 25.4. The Bertz CT molecular complexity index is 2340. The molecule has 2 heteroatoms. The van der Waals surface area contributed by atoms with Gasteiger partial charge in [0.2, 0.25) is 0 Å². The molecule has 0 atom stereocenters. The molecule has 0 radical (unpaired) electrons. The Morgan fingerprint density at radius 3 is 1.82 bits per heavy atom. The maximum absolute atomic E-state index is 2.49. The second kappa shape index (κ2) is 10.3. The monoisotopic (exact) mass is 566 g/mol. The van der Waals surface area contributed by atoms with Crippen molar-refractivity contribution in [2.45, 2.75) is 38.5 Å². The summed E-state index contributed by atoms with van der Waals surface area (Å²) in [5, 5.41) is 5.22. The highest BCUT2D eigenvalue weighted by Crippen LogP contribution is 2.40. The molecule has 2 aromatic heterocycles. The molecule has 0 aliphatic heterocycles. The Morgan fingerprint density at radius 2 is 1.14 bits per heavy atom. The van der Waals surface area contributed by atoms with Crippen molar-refractivity contribution in [3.05, 3.63) is 139 Å². The molecule has 0 fully saturated rings. The van der Waals surface area contributed by atoms with E-state index < -0.39 is 0 Å². The van der Waals surface area contributed by atoms with Gasteiger partial charge in [0.15, 0.2) is 0 Å². The topological polar surface area (TPSA) is 9.86 Å². The second-order valence-corrected chi connectivity index (χ2v) is 12.3. The zero-order chi connectivity index (χ0) is 29.0. The van der Waals surface area contributed by atoms with E-state index in [0.717, 1.165) is 19.3 Å². The summed E-state index contributed by atoms with van der Waals surface area (Å²) in [6.45, 7) is 0. The summed E-state index contributed by atoms with van der Waals surface area (Å²) in [5.41, 5.74) is 13.1. The number of para-hydroxylation sites is 3. The highest BCUT2D eigenvalue weighted by molar-refractivity contribution is 6.13. The third kappa shape index (κ3) is 3.94. The molecule has 44 heavy (non-hydrogen) atoms. The fourth-order valence-electron chi connectivity index (χ4n) is 7.67. The van der Waals surface area contributed by atoms with E-state index >= 15 is 0 Å². The predicted molar refractivity (Wildman–Crippen MR) is 188 cm³/mol. The van der Waals surface area contributed by atoms with Crippen LogP contribution in [0.3, 0.4) is 0 Å². The second-order valence-electron chi connectivity index (χ2n) is 12.3. The fraction of sp³-hybridized carbons (Fsp3) is 0.143. The molecular weight excluding hydrogens is 532 g/mol. The zero-order valence-corrected chi connectivity index (χ0v) is 24.8. The number of benzene rings is 5. The van der Waals surface area contributed by atoms with Crippen LogP contribution >= 0.6 is 0 Å². The summed E-state index contributed by atoms with van der Waals surface area (Å²) >= 11 is 0. The Kier molecular flexibility index (Phi) is 5.94. The van der Waals surface area contributed by atoms with Gasteiger partial charge in [-0.25, -0.2) is 0 Å². The van der Waals surface area contributed by atoms with Crippen molar-refractivity contribution in [2.75, 3.05) is 0 Å². The number of rotatable bonds is 4. The number of hydrogen-bond donors (Lipinski definition) is 0. The normalized spacial score (nSPS) is 15.4. The maximum Gasteiger partial charge on any atom is 0.0541 e. The molecular formula is C42H34N2. The van der Waals surface area contributed by atoms with Crippen LogP contribution in [0.5, 0.6) is 0 Å². The number of aromatic nitrogens is 2. The lowest BCUT2D eigenvalue weighted by Crippen LogP contribution is -2.01. The van der Waals surface area contributed by atoms with Crippen LogP contribution in [0.1, 0.15) is 44.1 Å². The highest BCUT2D eigenvalue weighted by atomic mass is 15.0. The minimum absolute atomic E-state index is 1.06. The smallest absolute Gasteiger partial charge is 0.0541 e. The van der Waals surface area contributed by atoms with Gasteiger partial charge in [-0.05, 0) is 104 Å². The minimum atomic E-state index is 1.06. The standard InChI is InChI=1S/C42H34N2/c1-3-13-29(14-4-1)33-17-7-10-20-38(33)44-40-22-12-9-19-35(40)37-28-31(24-26-42(37)44)30-23-25-41-36(27-30)34-18-8-11-21-39(34)43(41)32-15-5-2-6-16-32/h2,5,7-13,15,17-28H,1,3-4,6,14,16H2. The summed E-state index contributed by atoms with van der Waals surface area (Å²) in [7, 11) is 0. The summed E-state index contributed by atoms with van der Waals surface area (Å²) in [6.07, 6.45) is 16.3. The van der Waals surface area contributed by atoms with Crippen LogP contribution in [-0.4, -0.2) is 9.13 Å². The Morgan fingerprint density at radius 1 is 0.500 bits per heavy atom. The van der Waals surface area contributed by atoms with Gasteiger partial charge in [-0.2, -0.15) is 0 Å². The minimum Gasteiger partial charge on any atom is -0.313 e. The molecule has 2 nitrogen and oxygen atoms in total. The lowest BCUT2D eigenvalue weighted by atomic mass is 9.92. The van der Waals surface area contributed by atoms with Crippen LogP contribution in [0.25, 0.3) is 71.7 Å². The van der Waals surface area contributed by atoms with Gasteiger partial charge in [-0.1, -0.05) is 85.0 Å². The molecule has 212 valence electrons. The SMILES string of the molecule is C1=CCCC(n2c3ccccc3c3cc(-c4ccc5c(c4)c4ccccc4n5-c4ccccc4C4=CCCCC4)ccc32)=C1. The first-order valence-electron chi connectivity index (χ1n) is 16.1. The number of hydrogen-bond acceptors (Lipinski definition) is 0. The number of allylic oxidation sites excluding steroid dienone is 6. The third-order valence-corrected chi connectivity index (χ3v) is 9.74.